The number of nitrogens with zero attached hydrogens (tertiary/aromatic N) is 1. The Morgan fingerprint density at radius 2 is 2.28 bits per heavy atom. The molecule has 18 heavy (non-hydrogen) atoms. The summed E-state index contributed by atoms with van der Waals surface area (Å²) >= 11 is 5.77. The lowest BCUT2D eigenvalue weighted by atomic mass is 9.93. The van der Waals surface area contributed by atoms with E-state index in [1.54, 1.807) is 0 Å². The Bertz CT molecular complexity index is 453. The average Bonchev–Trinajstić information content (AvgIpc) is 2.28. The number of carboxylic acids is 1. The minimum absolute atomic E-state index is 0.0744. The molecule has 1 unspecified atom stereocenters. The fourth-order valence-electron chi connectivity index (χ4n) is 2.23. The van der Waals surface area contributed by atoms with E-state index in [9.17, 15) is 9.90 Å². The first kappa shape index (κ1) is 13.1. The average molecular weight is 271 g/mol. The Balaban J connectivity index is 2.16. The minimum atomic E-state index is -1.04. The largest absolute Gasteiger partial charge is 0.478 e. The van der Waals surface area contributed by atoms with E-state index < -0.39 is 5.97 Å². The summed E-state index contributed by atoms with van der Waals surface area (Å²) in [6.07, 6.45) is 4.20. The van der Waals surface area contributed by atoms with Crippen LogP contribution in [-0.4, -0.2) is 33.3 Å². The van der Waals surface area contributed by atoms with Crippen LogP contribution in [0.2, 0.25) is 5.15 Å². The molecule has 1 heterocycles. The molecule has 0 aliphatic heterocycles. The molecule has 1 aliphatic rings. The number of hydrogen-bond acceptors (Lipinski definition) is 4. The summed E-state index contributed by atoms with van der Waals surface area (Å²) in [6.45, 7) is 0. The van der Waals surface area contributed by atoms with Crippen molar-refractivity contribution < 1.29 is 15.0 Å². The number of hydrogen-bond donors (Lipinski definition) is 3. The van der Waals surface area contributed by atoms with Gasteiger partial charge in [-0.05, 0) is 31.7 Å². The zero-order chi connectivity index (χ0) is 13.1. The second kappa shape index (κ2) is 5.54. The van der Waals surface area contributed by atoms with Gasteiger partial charge in [0.1, 0.15) is 10.7 Å². The molecule has 0 bridgehead atoms. The van der Waals surface area contributed by atoms with Crippen LogP contribution in [0.15, 0.2) is 12.3 Å². The Kier molecular flexibility index (Phi) is 4.04. The first-order valence-corrected chi connectivity index (χ1v) is 6.27. The maximum Gasteiger partial charge on any atom is 0.339 e. The van der Waals surface area contributed by atoms with Crippen LogP contribution in [0.5, 0.6) is 0 Å². The SMILES string of the molecule is O=C(O)c1cnc(Cl)cc1N[C@H]1CCCC(O)C1. The van der Waals surface area contributed by atoms with Gasteiger partial charge in [-0.2, -0.15) is 0 Å². The van der Waals surface area contributed by atoms with Crippen LogP contribution >= 0.6 is 11.6 Å². The van der Waals surface area contributed by atoms with Crippen molar-refractivity contribution in [2.75, 3.05) is 5.32 Å². The molecule has 0 spiro atoms. The molecule has 0 saturated heterocycles. The van der Waals surface area contributed by atoms with Gasteiger partial charge < -0.3 is 15.5 Å². The van der Waals surface area contributed by atoms with E-state index in [0.29, 0.717) is 12.1 Å². The highest BCUT2D eigenvalue weighted by atomic mass is 35.5. The molecule has 98 valence electrons. The predicted octanol–water partition coefficient (Wildman–Crippen LogP) is 2.15. The minimum Gasteiger partial charge on any atom is -0.478 e. The third-order valence-corrected chi connectivity index (χ3v) is 3.31. The lowest BCUT2D eigenvalue weighted by Gasteiger charge is -2.27. The highest BCUT2D eigenvalue weighted by Gasteiger charge is 2.22. The summed E-state index contributed by atoms with van der Waals surface area (Å²) in [5, 5.41) is 22.0. The molecule has 6 heteroatoms. The van der Waals surface area contributed by atoms with Crippen molar-refractivity contribution >= 4 is 23.3 Å². The van der Waals surface area contributed by atoms with Crippen LogP contribution < -0.4 is 5.32 Å². The van der Waals surface area contributed by atoms with Crippen LogP contribution in [0.3, 0.4) is 0 Å². The highest BCUT2D eigenvalue weighted by Crippen LogP contribution is 2.25. The Hall–Kier alpha value is -1.33. The van der Waals surface area contributed by atoms with Crippen LogP contribution in [0, 0.1) is 0 Å². The predicted molar refractivity (Wildman–Crippen MR) is 68.1 cm³/mol. The third-order valence-electron chi connectivity index (χ3n) is 3.11. The monoisotopic (exact) mass is 270 g/mol. The van der Waals surface area contributed by atoms with E-state index >= 15 is 0 Å². The van der Waals surface area contributed by atoms with Gasteiger partial charge in [0.2, 0.25) is 0 Å². The van der Waals surface area contributed by atoms with Gasteiger partial charge in [0.15, 0.2) is 0 Å². The fourth-order valence-corrected chi connectivity index (χ4v) is 2.39. The number of carboxylic acid groups (broad SMARTS) is 1. The molecule has 1 aromatic heterocycles. The smallest absolute Gasteiger partial charge is 0.339 e. The normalized spacial score (nSPS) is 23.7. The Labute approximate surface area is 110 Å². The zero-order valence-corrected chi connectivity index (χ0v) is 10.5. The Morgan fingerprint density at radius 3 is 2.94 bits per heavy atom. The second-order valence-electron chi connectivity index (χ2n) is 4.52. The van der Waals surface area contributed by atoms with Crippen molar-refractivity contribution in [3.63, 3.8) is 0 Å². The molecule has 1 fully saturated rings. The van der Waals surface area contributed by atoms with E-state index in [4.69, 9.17) is 16.7 Å². The number of aliphatic hydroxyl groups is 1. The van der Waals surface area contributed by atoms with Crippen LogP contribution in [-0.2, 0) is 0 Å². The van der Waals surface area contributed by atoms with Crippen LogP contribution in [0.4, 0.5) is 5.69 Å². The summed E-state index contributed by atoms with van der Waals surface area (Å²) in [4.78, 5) is 14.8. The molecule has 1 aromatic rings. The van der Waals surface area contributed by atoms with E-state index in [1.807, 2.05) is 0 Å². The molecular formula is C12H15ClN2O3. The van der Waals surface area contributed by atoms with E-state index in [1.165, 1.54) is 12.3 Å². The van der Waals surface area contributed by atoms with Gasteiger partial charge in [-0.25, -0.2) is 9.78 Å². The van der Waals surface area contributed by atoms with Crippen molar-refractivity contribution in [2.45, 2.75) is 37.8 Å². The highest BCUT2D eigenvalue weighted by molar-refractivity contribution is 6.29. The van der Waals surface area contributed by atoms with Gasteiger partial charge in [0.25, 0.3) is 0 Å². The van der Waals surface area contributed by atoms with Crippen LogP contribution in [0.1, 0.15) is 36.0 Å². The molecular weight excluding hydrogens is 256 g/mol. The molecule has 1 aliphatic carbocycles. The molecule has 1 saturated carbocycles. The molecule has 0 aromatic carbocycles. The summed E-state index contributed by atoms with van der Waals surface area (Å²) in [5.41, 5.74) is 0.557. The number of rotatable bonds is 3. The molecule has 5 nitrogen and oxygen atoms in total. The van der Waals surface area contributed by atoms with Gasteiger partial charge in [-0.1, -0.05) is 11.6 Å². The van der Waals surface area contributed by atoms with Gasteiger partial charge in [0, 0.05) is 12.2 Å². The number of carbonyl (C=O) groups is 1. The lowest BCUT2D eigenvalue weighted by molar-refractivity contribution is 0.0697. The molecule has 3 N–H and O–H groups in total. The maximum absolute atomic E-state index is 11.1. The fraction of sp³-hybridized carbons (Fsp3) is 0.500. The summed E-state index contributed by atoms with van der Waals surface area (Å²) < 4.78 is 0. The van der Waals surface area contributed by atoms with E-state index in [-0.39, 0.29) is 22.9 Å². The van der Waals surface area contributed by atoms with Crippen molar-refractivity contribution in [3.8, 4) is 0 Å². The zero-order valence-electron chi connectivity index (χ0n) is 9.77. The van der Waals surface area contributed by atoms with Crippen molar-refractivity contribution in [1.82, 2.24) is 4.98 Å². The number of pyridine rings is 1. The topological polar surface area (TPSA) is 82.5 Å². The molecule has 2 rings (SSSR count). The van der Waals surface area contributed by atoms with Crippen molar-refractivity contribution in [2.24, 2.45) is 0 Å². The Morgan fingerprint density at radius 1 is 1.50 bits per heavy atom. The number of aromatic nitrogens is 1. The van der Waals surface area contributed by atoms with Gasteiger partial charge in [-0.15, -0.1) is 0 Å². The van der Waals surface area contributed by atoms with Gasteiger partial charge in [-0.3, -0.25) is 0 Å². The maximum atomic E-state index is 11.1. The van der Waals surface area contributed by atoms with E-state index in [0.717, 1.165) is 19.3 Å². The molecule has 2 atom stereocenters. The number of nitrogens with one attached hydrogen (secondary N) is 1. The quantitative estimate of drug-likeness (QED) is 0.733. The molecule has 0 radical (unpaired) electrons. The lowest BCUT2D eigenvalue weighted by Crippen LogP contribution is -2.30. The number of aromatic carboxylic acids is 1. The second-order valence-corrected chi connectivity index (χ2v) is 4.91. The summed E-state index contributed by atoms with van der Waals surface area (Å²) in [7, 11) is 0. The van der Waals surface area contributed by atoms with Crippen LogP contribution in [0.25, 0.3) is 0 Å². The third kappa shape index (κ3) is 3.11. The molecule has 0 amide bonds. The first-order chi connectivity index (χ1) is 8.56. The summed E-state index contributed by atoms with van der Waals surface area (Å²) in [6, 6.07) is 1.58. The number of anilines is 1. The van der Waals surface area contributed by atoms with E-state index in [2.05, 4.69) is 10.3 Å². The van der Waals surface area contributed by atoms with Crippen molar-refractivity contribution in [1.29, 1.82) is 0 Å². The van der Waals surface area contributed by atoms with Gasteiger partial charge >= 0.3 is 5.97 Å². The number of aliphatic hydroxyl groups excluding tert-OH is 1. The standard InChI is InChI=1S/C12H15ClN2O3/c13-11-5-10(9(6-14-11)12(17)18)15-7-2-1-3-8(16)4-7/h5-8,16H,1-4H2,(H,14,15)(H,17,18)/t7-,8?/m0/s1. The first-order valence-electron chi connectivity index (χ1n) is 5.89. The number of halogens is 1. The van der Waals surface area contributed by atoms with Gasteiger partial charge in [0.05, 0.1) is 11.8 Å². The summed E-state index contributed by atoms with van der Waals surface area (Å²) in [5.74, 6) is -1.04. The van der Waals surface area contributed by atoms with Crippen molar-refractivity contribution in [3.05, 3.63) is 23.0 Å².